The zero-order valence-corrected chi connectivity index (χ0v) is 9.82. The molecule has 0 aliphatic heterocycles. The van der Waals surface area contributed by atoms with Crippen molar-refractivity contribution in [2.75, 3.05) is 12.4 Å². The van der Waals surface area contributed by atoms with E-state index in [9.17, 15) is 0 Å². The summed E-state index contributed by atoms with van der Waals surface area (Å²) in [5.41, 5.74) is 2.46. The molecule has 1 N–H and O–H groups in total. The molecule has 0 unspecified atom stereocenters. The number of furan rings is 1. The highest BCUT2D eigenvalue weighted by Gasteiger charge is 2.13. The van der Waals surface area contributed by atoms with Gasteiger partial charge >= 0.3 is 0 Å². The van der Waals surface area contributed by atoms with E-state index in [0.29, 0.717) is 0 Å². The third-order valence-corrected chi connectivity index (χ3v) is 2.82. The topological polar surface area (TPSA) is 51.0 Å². The summed E-state index contributed by atoms with van der Waals surface area (Å²) in [5, 5.41) is 4.10. The number of aromatic nitrogens is 2. The minimum atomic E-state index is 0.728. The summed E-state index contributed by atoms with van der Waals surface area (Å²) < 4.78 is 5.79. The van der Waals surface area contributed by atoms with Crippen LogP contribution in [0.3, 0.4) is 0 Å². The molecule has 86 valence electrons. The minimum Gasteiger partial charge on any atom is -0.450 e. The van der Waals surface area contributed by atoms with E-state index in [-0.39, 0.29) is 0 Å². The highest BCUT2D eigenvalue weighted by atomic mass is 16.3. The van der Waals surface area contributed by atoms with Gasteiger partial charge in [0.25, 0.3) is 0 Å². The monoisotopic (exact) mass is 227 g/mol. The van der Waals surface area contributed by atoms with Crippen LogP contribution in [0, 0.1) is 0 Å². The first-order valence-corrected chi connectivity index (χ1v) is 5.69. The number of benzene rings is 1. The molecule has 0 aliphatic carbocycles. The Hall–Kier alpha value is -2.10. The summed E-state index contributed by atoms with van der Waals surface area (Å²) in [7, 11) is 1.84. The molecule has 0 aliphatic rings. The first-order valence-electron chi connectivity index (χ1n) is 5.69. The SMILES string of the molecule is CCc1nc(NC)c2oc3ccccc3c2n1. The molecule has 0 atom stereocenters. The molecule has 0 fully saturated rings. The van der Waals surface area contributed by atoms with E-state index >= 15 is 0 Å². The number of rotatable bonds is 2. The molecule has 4 nitrogen and oxygen atoms in total. The van der Waals surface area contributed by atoms with E-state index < -0.39 is 0 Å². The van der Waals surface area contributed by atoms with Crippen LogP contribution in [0.25, 0.3) is 22.1 Å². The molecule has 0 amide bonds. The summed E-state index contributed by atoms with van der Waals surface area (Å²) >= 11 is 0. The Bertz CT molecular complexity index is 688. The highest BCUT2D eigenvalue weighted by Crippen LogP contribution is 2.30. The zero-order chi connectivity index (χ0) is 11.8. The normalized spacial score (nSPS) is 11.2. The lowest BCUT2D eigenvalue weighted by atomic mass is 10.2. The molecule has 0 saturated carbocycles. The molecule has 1 aromatic carbocycles. The number of hydrogen-bond acceptors (Lipinski definition) is 4. The molecule has 2 aromatic heterocycles. The third kappa shape index (κ3) is 1.45. The van der Waals surface area contributed by atoms with Crippen molar-refractivity contribution in [2.45, 2.75) is 13.3 Å². The van der Waals surface area contributed by atoms with Crippen LogP contribution in [0.15, 0.2) is 28.7 Å². The summed E-state index contributed by atoms with van der Waals surface area (Å²) in [6, 6.07) is 7.91. The van der Waals surface area contributed by atoms with Gasteiger partial charge in [0.15, 0.2) is 11.4 Å². The van der Waals surface area contributed by atoms with Gasteiger partial charge in [0, 0.05) is 18.9 Å². The average Bonchev–Trinajstić information content (AvgIpc) is 2.76. The maximum atomic E-state index is 5.79. The van der Waals surface area contributed by atoms with Crippen molar-refractivity contribution in [2.24, 2.45) is 0 Å². The second-order valence-corrected chi connectivity index (χ2v) is 3.87. The summed E-state index contributed by atoms with van der Waals surface area (Å²) in [6.45, 7) is 2.04. The van der Waals surface area contributed by atoms with Gasteiger partial charge in [-0.25, -0.2) is 9.97 Å². The van der Waals surface area contributed by atoms with E-state index in [1.165, 1.54) is 0 Å². The van der Waals surface area contributed by atoms with E-state index in [0.717, 1.165) is 40.1 Å². The Morgan fingerprint density at radius 3 is 2.82 bits per heavy atom. The fraction of sp³-hybridized carbons (Fsp3) is 0.231. The van der Waals surface area contributed by atoms with Crippen molar-refractivity contribution >= 4 is 27.9 Å². The number of aryl methyl sites for hydroxylation is 1. The third-order valence-electron chi connectivity index (χ3n) is 2.82. The van der Waals surface area contributed by atoms with Crippen molar-refractivity contribution in [3.05, 3.63) is 30.1 Å². The van der Waals surface area contributed by atoms with Gasteiger partial charge in [0.05, 0.1) is 0 Å². The molecule has 4 heteroatoms. The lowest BCUT2D eigenvalue weighted by Crippen LogP contribution is -1.99. The second-order valence-electron chi connectivity index (χ2n) is 3.87. The second kappa shape index (κ2) is 3.73. The first kappa shape index (κ1) is 10.1. The van der Waals surface area contributed by atoms with Gasteiger partial charge in [-0.2, -0.15) is 0 Å². The lowest BCUT2D eigenvalue weighted by molar-refractivity contribution is 0.666. The molecule has 2 heterocycles. The Labute approximate surface area is 98.7 Å². The van der Waals surface area contributed by atoms with E-state index in [2.05, 4.69) is 15.3 Å². The van der Waals surface area contributed by atoms with Crippen LogP contribution in [0.4, 0.5) is 5.82 Å². The summed E-state index contributed by atoms with van der Waals surface area (Å²) in [6.07, 6.45) is 0.810. The Balaban J connectivity index is 2.47. The Kier molecular flexibility index (Phi) is 2.21. The molecular formula is C13H13N3O. The van der Waals surface area contributed by atoms with Crippen LogP contribution in [-0.4, -0.2) is 17.0 Å². The van der Waals surface area contributed by atoms with Crippen molar-refractivity contribution in [1.29, 1.82) is 0 Å². The predicted octanol–water partition coefficient (Wildman–Crippen LogP) is 2.98. The molecule has 17 heavy (non-hydrogen) atoms. The molecule has 3 rings (SSSR count). The first-order chi connectivity index (χ1) is 8.33. The van der Waals surface area contributed by atoms with E-state index in [1.807, 2.05) is 38.2 Å². The lowest BCUT2D eigenvalue weighted by Gasteiger charge is -2.01. The number of nitrogens with one attached hydrogen (secondary N) is 1. The summed E-state index contributed by atoms with van der Waals surface area (Å²) in [5.74, 6) is 1.58. The smallest absolute Gasteiger partial charge is 0.196 e. The van der Waals surface area contributed by atoms with Crippen molar-refractivity contribution in [3.63, 3.8) is 0 Å². The van der Waals surface area contributed by atoms with Crippen molar-refractivity contribution in [3.8, 4) is 0 Å². The molecule has 0 radical (unpaired) electrons. The molecule has 3 aromatic rings. The standard InChI is InChI=1S/C13H13N3O/c1-3-10-15-11-8-6-4-5-7-9(8)17-12(11)13(14-2)16-10/h4-7H,3H2,1-2H3,(H,14,15,16). The van der Waals surface area contributed by atoms with Crippen LogP contribution in [0.1, 0.15) is 12.7 Å². The van der Waals surface area contributed by atoms with Gasteiger partial charge in [0.2, 0.25) is 0 Å². The van der Waals surface area contributed by atoms with E-state index in [1.54, 1.807) is 0 Å². The molecule has 0 saturated heterocycles. The van der Waals surface area contributed by atoms with Crippen LogP contribution in [-0.2, 0) is 6.42 Å². The zero-order valence-electron chi connectivity index (χ0n) is 9.82. The van der Waals surface area contributed by atoms with Gasteiger partial charge in [-0.3, -0.25) is 0 Å². The predicted molar refractivity (Wildman–Crippen MR) is 68.2 cm³/mol. The maximum Gasteiger partial charge on any atom is 0.196 e. The number of fused-ring (bicyclic) bond motifs is 3. The largest absolute Gasteiger partial charge is 0.450 e. The van der Waals surface area contributed by atoms with Crippen LogP contribution in [0.2, 0.25) is 0 Å². The van der Waals surface area contributed by atoms with E-state index in [4.69, 9.17) is 4.42 Å². The quantitative estimate of drug-likeness (QED) is 0.731. The molecule has 0 bridgehead atoms. The van der Waals surface area contributed by atoms with Gasteiger partial charge in [-0.05, 0) is 12.1 Å². The van der Waals surface area contributed by atoms with Crippen molar-refractivity contribution in [1.82, 2.24) is 9.97 Å². The molecular weight excluding hydrogens is 214 g/mol. The number of para-hydroxylation sites is 1. The number of anilines is 1. The van der Waals surface area contributed by atoms with Crippen molar-refractivity contribution < 1.29 is 4.42 Å². The fourth-order valence-corrected chi connectivity index (χ4v) is 1.96. The van der Waals surface area contributed by atoms with Gasteiger partial charge in [-0.15, -0.1) is 0 Å². The highest BCUT2D eigenvalue weighted by molar-refractivity contribution is 6.05. The molecule has 0 spiro atoms. The minimum absolute atomic E-state index is 0.728. The van der Waals surface area contributed by atoms with Gasteiger partial charge in [0.1, 0.15) is 16.9 Å². The fourth-order valence-electron chi connectivity index (χ4n) is 1.96. The Morgan fingerprint density at radius 1 is 1.24 bits per heavy atom. The summed E-state index contributed by atoms with van der Waals surface area (Å²) in [4.78, 5) is 8.96. The number of nitrogens with zero attached hydrogens (tertiary/aromatic N) is 2. The average molecular weight is 227 g/mol. The van der Waals surface area contributed by atoms with Crippen LogP contribution >= 0.6 is 0 Å². The maximum absolute atomic E-state index is 5.79. The van der Waals surface area contributed by atoms with Gasteiger partial charge < -0.3 is 9.73 Å². The van der Waals surface area contributed by atoms with Gasteiger partial charge in [-0.1, -0.05) is 19.1 Å². The van der Waals surface area contributed by atoms with Crippen LogP contribution < -0.4 is 5.32 Å². The number of hydrogen-bond donors (Lipinski definition) is 1. The Morgan fingerprint density at radius 2 is 2.06 bits per heavy atom. The van der Waals surface area contributed by atoms with Crippen LogP contribution in [0.5, 0.6) is 0 Å².